The summed E-state index contributed by atoms with van der Waals surface area (Å²) in [5.74, 6) is -2.75. The van der Waals surface area contributed by atoms with Crippen molar-refractivity contribution in [1.29, 1.82) is 0 Å². The Labute approximate surface area is 293 Å². The van der Waals surface area contributed by atoms with Gasteiger partial charge in [0, 0.05) is 0 Å². The maximum Gasteiger partial charge on any atom is 0.514 e. The van der Waals surface area contributed by atoms with Crippen molar-refractivity contribution in [1.82, 2.24) is 0 Å². The molecule has 0 fully saturated rings. The van der Waals surface area contributed by atoms with Gasteiger partial charge in [-0.3, -0.25) is 3.63 Å². The Bertz CT molecular complexity index is 1510. The smallest absolute Gasteiger partial charge is 0.460 e. The van der Waals surface area contributed by atoms with Crippen LogP contribution in [0.1, 0.15) is 91.2 Å². The number of ether oxygens (including phenoxy) is 1. The number of hydrogen-bond donors (Lipinski definition) is 0. The largest absolute Gasteiger partial charge is 0.514 e. The summed E-state index contributed by atoms with van der Waals surface area (Å²) < 4.78 is 82.9. The minimum absolute atomic E-state index is 0.209. The van der Waals surface area contributed by atoms with Crippen LogP contribution in [0.15, 0.2) is 87.5 Å². The highest BCUT2D eigenvalue weighted by Gasteiger charge is 2.63. The van der Waals surface area contributed by atoms with Gasteiger partial charge >= 0.3 is 21.3 Å². The van der Waals surface area contributed by atoms with E-state index in [1.807, 2.05) is 41.5 Å². The van der Waals surface area contributed by atoms with E-state index in [9.17, 15) is 17.6 Å². The molecule has 0 unspecified atom stereocenters. The third kappa shape index (κ3) is 9.76. The Hall–Kier alpha value is -2.09. The van der Waals surface area contributed by atoms with E-state index in [1.165, 1.54) is 12.1 Å². The Morgan fingerprint density at radius 2 is 1.06 bits per heavy atom. The molecule has 0 bridgehead atoms. The molecule has 0 aliphatic carbocycles. The minimum atomic E-state index is -5.85. The molecule has 0 saturated heterocycles. The zero-order valence-corrected chi connectivity index (χ0v) is 31.8. The standard InChI is InChI=1S/C36H46F3IO5S2/c1-34(2,3)27-13-19-30(20-14-27)46(32-23-17-29(37)18-24-32,31-21-15-28(16-22-31)35(4,5)6)45-47(42,43)36(38,39)33(41)44-26-12-10-8-7-9-11-25-40/h13-24H,7-12,25-26H2,1-6H3/p+1. The summed E-state index contributed by atoms with van der Waals surface area (Å²) in [7, 11) is -9.25. The van der Waals surface area contributed by atoms with Gasteiger partial charge in [-0.2, -0.15) is 8.78 Å². The molecule has 0 spiro atoms. The third-order valence-electron chi connectivity index (χ3n) is 7.81. The number of carbonyl (C=O) groups is 1. The summed E-state index contributed by atoms with van der Waals surface area (Å²) in [5, 5.41) is -4.96. The van der Waals surface area contributed by atoms with Crippen molar-refractivity contribution in [2.45, 2.75) is 111 Å². The van der Waals surface area contributed by atoms with E-state index in [1.54, 1.807) is 48.5 Å². The van der Waals surface area contributed by atoms with Gasteiger partial charge in [0.1, 0.15) is 5.82 Å². The van der Waals surface area contributed by atoms with Crippen LogP contribution in [-0.4, -0.2) is 34.3 Å². The molecular weight excluding hydrogens is 760 g/mol. The summed E-state index contributed by atoms with van der Waals surface area (Å²) in [6.07, 6.45) is 5.03. The van der Waals surface area contributed by atoms with Crippen LogP contribution in [0.25, 0.3) is 0 Å². The lowest BCUT2D eigenvalue weighted by molar-refractivity contribution is -0.161. The van der Waals surface area contributed by atoms with Crippen molar-refractivity contribution in [3.8, 4) is 0 Å². The van der Waals surface area contributed by atoms with Gasteiger partial charge in [0.25, 0.3) is 0 Å². The highest BCUT2D eigenvalue weighted by molar-refractivity contribution is 14.1. The molecule has 47 heavy (non-hydrogen) atoms. The van der Waals surface area contributed by atoms with Gasteiger partial charge in [-0.1, -0.05) is 114 Å². The predicted molar refractivity (Wildman–Crippen MR) is 193 cm³/mol. The predicted octanol–water partition coefficient (Wildman–Crippen LogP) is 11.0. The average molecular weight is 808 g/mol. The lowest BCUT2D eigenvalue weighted by Crippen LogP contribution is -2.42. The van der Waals surface area contributed by atoms with Crippen LogP contribution in [0, 0.1) is 5.82 Å². The Balaban J connectivity index is 2.11. The number of alkyl halides is 3. The van der Waals surface area contributed by atoms with Crippen LogP contribution in [0.5, 0.6) is 0 Å². The second kappa shape index (κ2) is 16.1. The van der Waals surface area contributed by atoms with E-state index in [0.29, 0.717) is 22.6 Å². The highest BCUT2D eigenvalue weighted by Crippen LogP contribution is 2.69. The molecule has 0 amide bonds. The molecule has 0 saturated carbocycles. The van der Waals surface area contributed by atoms with Crippen molar-refractivity contribution >= 4 is 49.0 Å². The zero-order valence-electron chi connectivity index (χ0n) is 28.0. The number of carbonyl (C=O) groups excluding carboxylic acids is 1. The van der Waals surface area contributed by atoms with Crippen molar-refractivity contribution in [3.63, 3.8) is 0 Å². The molecule has 5 nitrogen and oxygen atoms in total. The number of halogens is 4. The molecule has 3 rings (SSSR count). The second-order valence-electron chi connectivity index (χ2n) is 13.6. The summed E-state index contributed by atoms with van der Waals surface area (Å²) in [6, 6.07) is 18.9. The molecule has 3 aromatic rings. The summed E-state index contributed by atoms with van der Waals surface area (Å²) >= 11 is 2.31. The maximum atomic E-state index is 15.7. The van der Waals surface area contributed by atoms with Gasteiger partial charge in [-0.25, -0.2) is 9.18 Å². The average Bonchev–Trinajstić information content (AvgIpc) is 3.00. The van der Waals surface area contributed by atoms with Gasteiger partial charge in [0.2, 0.25) is 0 Å². The molecule has 0 heterocycles. The first kappa shape index (κ1) is 39.3. The van der Waals surface area contributed by atoms with Gasteiger partial charge in [-0.15, -0.1) is 8.42 Å². The van der Waals surface area contributed by atoms with Crippen LogP contribution in [-0.2, 0) is 30.5 Å². The first-order valence-corrected chi connectivity index (χ1v) is 20.3. The monoisotopic (exact) mass is 807 g/mol. The van der Waals surface area contributed by atoms with Gasteiger partial charge < -0.3 is 4.74 Å². The number of unbranched alkanes of at least 4 members (excludes halogenated alkanes) is 5. The maximum absolute atomic E-state index is 15.7. The van der Waals surface area contributed by atoms with Gasteiger partial charge in [0.15, 0.2) is 0 Å². The number of rotatable bonds is 15. The molecule has 0 radical (unpaired) electrons. The number of hydrogen-bond acceptors (Lipinski definition) is 4. The fourth-order valence-corrected chi connectivity index (χ4v) is 10.7. The fourth-order valence-electron chi connectivity index (χ4n) is 4.92. The van der Waals surface area contributed by atoms with Gasteiger partial charge in [0.05, 0.1) is 31.6 Å². The van der Waals surface area contributed by atoms with Crippen LogP contribution in [0.3, 0.4) is 0 Å². The van der Waals surface area contributed by atoms with E-state index in [2.05, 4.69) is 26.2 Å². The van der Waals surface area contributed by atoms with Crippen molar-refractivity contribution in [2.24, 2.45) is 0 Å². The second-order valence-corrected chi connectivity index (χ2v) is 19.3. The minimum Gasteiger partial charge on any atom is -0.460 e. The van der Waals surface area contributed by atoms with E-state index in [0.717, 1.165) is 53.4 Å². The molecule has 0 atom stereocenters. The van der Waals surface area contributed by atoms with Crippen LogP contribution in [0.4, 0.5) is 13.2 Å². The molecule has 0 aliphatic rings. The topological polar surface area (TPSA) is 73.2 Å². The first-order valence-electron chi connectivity index (χ1n) is 15.8. The fraction of sp³-hybridized carbons (Fsp3) is 0.472. The SMILES string of the molecule is CC(C)(C)c1ccc(S([OH+]S(=O)(=O)C(F)(F)C(=O)OCCCCCCCCI)(c2ccc(F)cc2)c2ccc(C(C)(C)C)cc2)cc1. The number of benzene rings is 3. The lowest BCUT2D eigenvalue weighted by Gasteiger charge is -2.36. The third-order valence-corrected chi connectivity index (χ3v) is 13.9. The van der Waals surface area contributed by atoms with E-state index in [-0.39, 0.29) is 22.3 Å². The quantitative estimate of drug-likeness (QED) is 0.0383. The van der Waals surface area contributed by atoms with Crippen molar-refractivity contribution < 1.29 is 34.7 Å². The van der Waals surface area contributed by atoms with E-state index >= 15 is 8.78 Å². The van der Waals surface area contributed by atoms with Crippen LogP contribution in [0.2, 0.25) is 0 Å². The zero-order chi connectivity index (χ0) is 35.1. The molecular formula is C36H47F3IO5S2+. The van der Waals surface area contributed by atoms with E-state index < -0.39 is 37.5 Å². The van der Waals surface area contributed by atoms with E-state index in [4.69, 9.17) is 4.74 Å². The summed E-state index contributed by atoms with van der Waals surface area (Å²) in [5.41, 5.74) is 1.35. The molecule has 11 heteroatoms. The Kier molecular flexibility index (Phi) is 13.5. The lowest BCUT2D eigenvalue weighted by atomic mass is 9.87. The van der Waals surface area contributed by atoms with Gasteiger partial charge in [-0.05, 0) is 87.8 Å². The highest BCUT2D eigenvalue weighted by atomic mass is 127. The summed E-state index contributed by atoms with van der Waals surface area (Å²) in [6.45, 7) is 11.8. The van der Waals surface area contributed by atoms with Crippen molar-refractivity contribution in [2.75, 3.05) is 11.0 Å². The van der Waals surface area contributed by atoms with Crippen LogP contribution >= 0.6 is 32.9 Å². The normalized spacial score (nSPS) is 13.4. The summed E-state index contributed by atoms with van der Waals surface area (Å²) in [4.78, 5) is 13.6. The molecule has 1 N–H and O–H groups in total. The van der Waals surface area contributed by atoms with Crippen molar-refractivity contribution in [3.05, 3.63) is 89.7 Å². The molecule has 260 valence electrons. The first-order chi connectivity index (χ1) is 21.9. The molecule has 0 aliphatic heterocycles. The number of esters is 1. The molecule has 0 aromatic heterocycles. The molecule has 3 aromatic carbocycles. The Morgan fingerprint density at radius 3 is 1.47 bits per heavy atom. The van der Waals surface area contributed by atoms with Crippen LogP contribution < -0.4 is 0 Å². The Morgan fingerprint density at radius 1 is 0.681 bits per heavy atom.